The van der Waals surface area contributed by atoms with Gasteiger partial charge in [-0.3, -0.25) is 0 Å². The predicted octanol–water partition coefficient (Wildman–Crippen LogP) is 3.45. The molecule has 0 saturated heterocycles. The number of hydrogen-bond acceptors (Lipinski definition) is 2. The first-order valence-corrected chi connectivity index (χ1v) is 5.03. The van der Waals surface area contributed by atoms with Crippen LogP contribution in [-0.2, 0) is 15.4 Å². The van der Waals surface area contributed by atoms with Crippen molar-refractivity contribution in [3.05, 3.63) is 48.0 Å². The molecule has 0 saturated carbocycles. The van der Waals surface area contributed by atoms with E-state index < -0.39 is 5.60 Å². The molecule has 0 amide bonds. The molecule has 0 unspecified atom stereocenters. The zero-order chi connectivity index (χ0) is 11.3. The molecule has 1 aromatic rings. The van der Waals surface area contributed by atoms with Crippen LogP contribution in [0.4, 0.5) is 0 Å². The number of hydrogen-bond donors (Lipinski definition) is 0. The molecule has 0 aliphatic heterocycles. The quantitative estimate of drug-likeness (QED) is 0.417. The van der Waals surface area contributed by atoms with Gasteiger partial charge in [0, 0.05) is 0 Å². The number of rotatable bonds is 5. The number of benzene rings is 1. The molecule has 1 aromatic carbocycles. The molecule has 2 heteroatoms. The Hall–Kier alpha value is -1.12. The summed E-state index contributed by atoms with van der Waals surface area (Å²) in [6.45, 7) is 10.0. The minimum absolute atomic E-state index is 0.427. The van der Waals surface area contributed by atoms with E-state index in [0.29, 0.717) is 6.61 Å². The van der Waals surface area contributed by atoms with Gasteiger partial charge in [-0.2, -0.15) is 0 Å². The molecule has 1 rings (SSSR count). The van der Waals surface area contributed by atoms with Crippen molar-refractivity contribution in [1.29, 1.82) is 0 Å². The molecule has 0 aromatic heterocycles. The molecule has 0 N–H and O–H groups in total. The van der Waals surface area contributed by atoms with Gasteiger partial charge in [-0.05, 0) is 26.3 Å². The van der Waals surface area contributed by atoms with Crippen LogP contribution in [0.3, 0.4) is 0 Å². The third-order valence-electron chi connectivity index (χ3n) is 2.04. The summed E-state index contributed by atoms with van der Waals surface area (Å²) in [5.41, 5.74) is 1.60. The van der Waals surface area contributed by atoms with Crippen LogP contribution in [0, 0.1) is 0 Å². The van der Waals surface area contributed by atoms with Gasteiger partial charge in [0.1, 0.15) is 12.2 Å². The molecular weight excluding hydrogens is 188 g/mol. The first-order chi connectivity index (χ1) is 7.02. The lowest BCUT2D eigenvalue weighted by Gasteiger charge is -2.23. The molecule has 0 atom stereocenters. The van der Waals surface area contributed by atoms with Gasteiger partial charge in [-0.1, -0.05) is 42.5 Å². The molecule has 15 heavy (non-hydrogen) atoms. The van der Waals surface area contributed by atoms with Gasteiger partial charge in [-0.25, -0.2) is 9.78 Å². The maximum atomic E-state index is 5.37. The van der Waals surface area contributed by atoms with Crippen LogP contribution in [0.15, 0.2) is 42.5 Å². The maximum absolute atomic E-state index is 5.37. The Morgan fingerprint density at radius 2 is 1.87 bits per heavy atom. The second-order valence-corrected chi connectivity index (χ2v) is 4.18. The fourth-order valence-electron chi connectivity index (χ4n) is 1.17. The summed E-state index contributed by atoms with van der Waals surface area (Å²) in [6.07, 6.45) is 0. The van der Waals surface area contributed by atoms with E-state index in [4.69, 9.17) is 9.78 Å². The van der Waals surface area contributed by atoms with Crippen molar-refractivity contribution >= 4 is 0 Å². The van der Waals surface area contributed by atoms with Crippen molar-refractivity contribution in [3.63, 3.8) is 0 Å². The lowest BCUT2D eigenvalue weighted by molar-refractivity contribution is -0.353. The maximum Gasteiger partial charge on any atom is 0.123 e. The molecule has 0 bridgehead atoms. The Bertz CT molecular complexity index is 315. The highest BCUT2D eigenvalue weighted by atomic mass is 17.2. The summed E-state index contributed by atoms with van der Waals surface area (Å²) in [6, 6.07) is 9.99. The predicted molar refractivity (Wildman–Crippen MR) is 61.3 cm³/mol. The highest BCUT2D eigenvalue weighted by molar-refractivity contribution is 5.20. The van der Waals surface area contributed by atoms with E-state index in [-0.39, 0.29) is 0 Å². The standard InChI is InChI=1S/C13H18O2/c1-11(2)10-14-15-13(3,4)12-8-6-5-7-9-12/h5-9H,1,10H2,2-4H3. The van der Waals surface area contributed by atoms with Crippen LogP contribution in [0.25, 0.3) is 0 Å². The zero-order valence-corrected chi connectivity index (χ0v) is 9.62. The average molecular weight is 206 g/mol. The van der Waals surface area contributed by atoms with E-state index in [0.717, 1.165) is 11.1 Å². The zero-order valence-electron chi connectivity index (χ0n) is 9.62. The summed E-state index contributed by atoms with van der Waals surface area (Å²) in [4.78, 5) is 10.5. The van der Waals surface area contributed by atoms with Crippen molar-refractivity contribution in [2.24, 2.45) is 0 Å². The monoisotopic (exact) mass is 206 g/mol. The molecule has 0 heterocycles. The molecule has 0 fully saturated rings. The van der Waals surface area contributed by atoms with E-state index in [1.165, 1.54) is 0 Å². The van der Waals surface area contributed by atoms with Gasteiger partial charge in [0.05, 0.1) is 0 Å². The van der Waals surface area contributed by atoms with Crippen molar-refractivity contribution < 1.29 is 9.78 Å². The van der Waals surface area contributed by atoms with Crippen molar-refractivity contribution in [2.75, 3.05) is 6.61 Å². The molecular formula is C13H18O2. The third-order valence-corrected chi connectivity index (χ3v) is 2.04. The third kappa shape index (κ3) is 3.86. The topological polar surface area (TPSA) is 18.5 Å². The van der Waals surface area contributed by atoms with Gasteiger partial charge in [0.2, 0.25) is 0 Å². The Kier molecular flexibility index (Phi) is 4.06. The highest BCUT2D eigenvalue weighted by Gasteiger charge is 2.22. The molecule has 82 valence electrons. The Balaban J connectivity index is 2.56. The van der Waals surface area contributed by atoms with Crippen LogP contribution in [-0.4, -0.2) is 6.61 Å². The second-order valence-electron chi connectivity index (χ2n) is 4.18. The van der Waals surface area contributed by atoms with E-state index in [9.17, 15) is 0 Å². The van der Waals surface area contributed by atoms with Gasteiger partial charge in [0.25, 0.3) is 0 Å². The van der Waals surface area contributed by atoms with E-state index in [2.05, 4.69) is 6.58 Å². The normalized spacial score (nSPS) is 11.4. The lowest BCUT2D eigenvalue weighted by Crippen LogP contribution is -2.22. The Labute approximate surface area is 91.5 Å². The smallest absolute Gasteiger partial charge is 0.123 e. The van der Waals surface area contributed by atoms with Crippen LogP contribution in [0.2, 0.25) is 0 Å². The van der Waals surface area contributed by atoms with Crippen LogP contribution < -0.4 is 0 Å². The summed E-state index contributed by atoms with van der Waals surface area (Å²) in [5, 5.41) is 0. The second kappa shape index (κ2) is 5.10. The molecule has 0 radical (unpaired) electrons. The minimum atomic E-state index is -0.434. The fraction of sp³-hybridized carbons (Fsp3) is 0.385. The van der Waals surface area contributed by atoms with Crippen molar-refractivity contribution in [3.8, 4) is 0 Å². The van der Waals surface area contributed by atoms with Crippen molar-refractivity contribution in [1.82, 2.24) is 0 Å². The molecule has 2 nitrogen and oxygen atoms in total. The summed E-state index contributed by atoms with van der Waals surface area (Å²) in [7, 11) is 0. The van der Waals surface area contributed by atoms with Gasteiger partial charge in [-0.15, -0.1) is 0 Å². The highest BCUT2D eigenvalue weighted by Crippen LogP contribution is 2.24. The largest absolute Gasteiger partial charge is 0.231 e. The van der Waals surface area contributed by atoms with Gasteiger partial charge >= 0.3 is 0 Å². The van der Waals surface area contributed by atoms with E-state index >= 15 is 0 Å². The molecule has 0 aliphatic carbocycles. The van der Waals surface area contributed by atoms with Crippen LogP contribution in [0.1, 0.15) is 26.3 Å². The Morgan fingerprint density at radius 3 is 2.40 bits per heavy atom. The van der Waals surface area contributed by atoms with Crippen LogP contribution >= 0.6 is 0 Å². The van der Waals surface area contributed by atoms with Crippen molar-refractivity contribution in [2.45, 2.75) is 26.4 Å². The first kappa shape index (κ1) is 12.0. The van der Waals surface area contributed by atoms with Crippen LogP contribution in [0.5, 0.6) is 0 Å². The van der Waals surface area contributed by atoms with E-state index in [1.807, 2.05) is 51.1 Å². The Morgan fingerprint density at radius 1 is 1.27 bits per heavy atom. The summed E-state index contributed by atoms with van der Waals surface area (Å²) < 4.78 is 0. The lowest BCUT2D eigenvalue weighted by atomic mass is 9.99. The SMILES string of the molecule is C=C(C)COOC(C)(C)c1ccccc1. The first-order valence-electron chi connectivity index (χ1n) is 5.03. The summed E-state index contributed by atoms with van der Waals surface area (Å²) in [5.74, 6) is 0. The average Bonchev–Trinajstić information content (AvgIpc) is 2.18. The minimum Gasteiger partial charge on any atom is -0.231 e. The van der Waals surface area contributed by atoms with E-state index in [1.54, 1.807) is 0 Å². The summed E-state index contributed by atoms with van der Waals surface area (Å²) >= 11 is 0. The fourth-order valence-corrected chi connectivity index (χ4v) is 1.17. The molecule has 0 spiro atoms. The van der Waals surface area contributed by atoms with Gasteiger partial charge < -0.3 is 0 Å². The molecule has 0 aliphatic rings. The van der Waals surface area contributed by atoms with Gasteiger partial charge in [0.15, 0.2) is 0 Å².